The molecule has 2 amide bonds. The number of nitrogens with zero attached hydrogens (tertiary/aromatic N) is 1. The fourth-order valence-corrected chi connectivity index (χ4v) is 4.85. The molecule has 0 atom stereocenters. The highest BCUT2D eigenvalue weighted by atomic mass is 32.2. The van der Waals surface area contributed by atoms with Gasteiger partial charge < -0.3 is 10.2 Å². The first-order valence-electron chi connectivity index (χ1n) is 9.63. The van der Waals surface area contributed by atoms with Gasteiger partial charge in [-0.3, -0.25) is 9.59 Å². The van der Waals surface area contributed by atoms with Crippen LogP contribution in [-0.4, -0.2) is 30.2 Å². The van der Waals surface area contributed by atoms with E-state index >= 15 is 0 Å². The third kappa shape index (κ3) is 4.03. The molecule has 0 saturated heterocycles. The predicted molar refractivity (Wildman–Crippen MR) is 109 cm³/mol. The van der Waals surface area contributed by atoms with Crippen LogP contribution in [0.3, 0.4) is 0 Å². The van der Waals surface area contributed by atoms with Crippen molar-refractivity contribution >= 4 is 29.3 Å². The van der Waals surface area contributed by atoms with Gasteiger partial charge in [-0.25, -0.2) is 0 Å². The van der Waals surface area contributed by atoms with Crippen molar-refractivity contribution in [1.29, 1.82) is 0 Å². The van der Waals surface area contributed by atoms with Crippen LogP contribution in [0.15, 0.2) is 53.4 Å². The number of para-hydroxylation sites is 1. The molecule has 4 rings (SSSR count). The van der Waals surface area contributed by atoms with E-state index in [1.807, 2.05) is 47.4 Å². The Labute approximate surface area is 164 Å². The molecule has 0 aromatic heterocycles. The lowest BCUT2D eigenvalue weighted by atomic mass is 10.2. The van der Waals surface area contributed by atoms with Crippen molar-refractivity contribution in [2.45, 2.75) is 43.0 Å². The molecule has 27 heavy (non-hydrogen) atoms. The molecular weight excluding hydrogens is 356 g/mol. The Kier molecular flexibility index (Phi) is 5.48. The Morgan fingerprint density at radius 3 is 2.63 bits per heavy atom. The maximum Gasteiger partial charge on any atom is 0.252 e. The van der Waals surface area contributed by atoms with Crippen molar-refractivity contribution in [2.24, 2.45) is 0 Å². The third-order valence-corrected chi connectivity index (χ3v) is 6.42. The molecule has 1 heterocycles. The van der Waals surface area contributed by atoms with Gasteiger partial charge in [-0.15, -0.1) is 11.8 Å². The van der Waals surface area contributed by atoms with Crippen LogP contribution in [0.4, 0.5) is 5.69 Å². The summed E-state index contributed by atoms with van der Waals surface area (Å²) in [7, 11) is 0. The summed E-state index contributed by atoms with van der Waals surface area (Å²) in [5.41, 5.74) is 2.92. The second-order valence-corrected chi connectivity index (χ2v) is 8.18. The molecule has 1 N–H and O–H groups in total. The number of carbonyl (C=O) groups excluding carboxylic acids is 2. The van der Waals surface area contributed by atoms with E-state index in [1.54, 1.807) is 0 Å². The number of fused-ring (bicyclic) bond motifs is 1. The first-order valence-corrected chi connectivity index (χ1v) is 10.6. The Hall–Kier alpha value is -2.27. The highest BCUT2D eigenvalue weighted by Crippen LogP contribution is 2.30. The molecule has 0 bridgehead atoms. The number of carbonyl (C=O) groups is 2. The number of nitrogens with one attached hydrogen (secondary N) is 1. The number of thioether (sulfide) groups is 1. The standard InChI is InChI=1S/C22H24N2O2S/c25-21(24-14-13-16-7-1-5-11-19(16)24)15-27-20-12-6-4-10-18(20)22(26)23-17-8-2-3-9-17/h1,4-7,10-12,17H,2-3,8-9,13-15H2,(H,23,26). The van der Waals surface area contributed by atoms with E-state index in [2.05, 4.69) is 11.4 Å². The van der Waals surface area contributed by atoms with Crippen molar-refractivity contribution in [1.82, 2.24) is 5.32 Å². The van der Waals surface area contributed by atoms with E-state index in [0.29, 0.717) is 17.4 Å². The van der Waals surface area contributed by atoms with Crippen molar-refractivity contribution < 1.29 is 9.59 Å². The predicted octanol–water partition coefficient (Wildman–Crippen LogP) is 4.04. The molecule has 5 heteroatoms. The Balaban J connectivity index is 1.41. The van der Waals surface area contributed by atoms with Gasteiger partial charge in [-0.2, -0.15) is 0 Å². The molecule has 0 radical (unpaired) electrons. The maximum atomic E-state index is 12.7. The monoisotopic (exact) mass is 380 g/mol. The van der Waals surface area contributed by atoms with E-state index in [9.17, 15) is 9.59 Å². The zero-order chi connectivity index (χ0) is 18.6. The molecule has 4 nitrogen and oxygen atoms in total. The summed E-state index contributed by atoms with van der Waals surface area (Å²) < 4.78 is 0. The topological polar surface area (TPSA) is 49.4 Å². The number of anilines is 1. The molecular formula is C22H24N2O2S. The van der Waals surface area contributed by atoms with Crippen LogP contribution in [0, 0.1) is 0 Å². The minimum atomic E-state index is -0.0241. The van der Waals surface area contributed by atoms with Crippen LogP contribution >= 0.6 is 11.8 Å². The average Bonchev–Trinajstić information content (AvgIpc) is 3.36. The maximum absolute atomic E-state index is 12.7. The van der Waals surface area contributed by atoms with Crippen LogP contribution in [0.5, 0.6) is 0 Å². The highest BCUT2D eigenvalue weighted by Gasteiger charge is 2.25. The number of benzene rings is 2. The molecule has 0 unspecified atom stereocenters. The van der Waals surface area contributed by atoms with Gasteiger partial charge in [-0.1, -0.05) is 43.2 Å². The van der Waals surface area contributed by atoms with Crippen LogP contribution in [0.1, 0.15) is 41.6 Å². The quantitative estimate of drug-likeness (QED) is 0.797. The second kappa shape index (κ2) is 8.17. The number of hydrogen-bond acceptors (Lipinski definition) is 3. The summed E-state index contributed by atoms with van der Waals surface area (Å²) >= 11 is 1.45. The van der Waals surface area contributed by atoms with Crippen LogP contribution in [0.2, 0.25) is 0 Å². The number of hydrogen-bond donors (Lipinski definition) is 1. The smallest absolute Gasteiger partial charge is 0.252 e. The fourth-order valence-electron chi connectivity index (χ4n) is 3.93. The lowest BCUT2D eigenvalue weighted by Crippen LogP contribution is -2.33. The van der Waals surface area contributed by atoms with Crippen molar-refractivity contribution in [3.8, 4) is 0 Å². The van der Waals surface area contributed by atoms with E-state index in [4.69, 9.17) is 0 Å². The van der Waals surface area contributed by atoms with Gasteiger partial charge in [0, 0.05) is 23.2 Å². The summed E-state index contributed by atoms with van der Waals surface area (Å²) in [6.45, 7) is 0.739. The Morgan fingerprint density at radius 1 is 1.04 bits per heavy atom. The molecule has 2 aliphatic rings. The van der Waals surface area contributed by atoms with E-state index in [-0.39, 0.29) is 11.8 Å². The molecule has 1 saturated carbocycles. The van der Waals surface area contributed by atoms with Crippen LogP contribution in [0.25, 0.3) is 0 Å². The van der Waals surface area contributed by atoms with Gasteiger partial charge in [0.25, 0.3) is 5.91 Å². The van der Waals surface area contributed by atoms with Gasteiger partial charge in [0.2, 0.25) is 5.91 Å². The molecule has 2 aromatic rings. The lowest BCUT2D eigenvalue weighted by Gasteiger charge is -2.18. The molecule has 1 aliphatic heterocycles. The largest absolute Gasteiger partial charge is 0.349 e. The number of amides is 2. The Bertz CT molecular complexity index is 846. The van der Waals surface area contributed by atoms with Gasteiger partial charge in [0.15, 0.2) is 0 Å². The van der Waals surface area contributed by atoms with Gasteiger partial charge in [0.05, 0.1) is 11.3 Å². The van der Waals surface area contributed by atoms with Crippen molar-refractivity contribution in [3.05, 3.63) is 59.7 Å². The minimum Gasteiger partial charge on any atom is -0.349 e. The van der Waals surface area contributed by atoms with Crippen molar-refractivity contribution in [2.75, 3.05) is 17.2 Å². The molecule has 2 aromatic carbocycles. The highest BCUT2D eigenvalue weighted by molar-refractivity contribution is 8.00. The minimum absolute atomic E-state index is 0.0241. The van der Waals surface area contributed by atoms with Crippen LogP contribution in [-0.2, 0) is 11.2 Å². The first-order chi connectivity index (χ1) is 13.2. The normalized spacial score (nSPS) is 16.4. The average molecular weight is 381 g/mol. The van der Waals surface area contributed by atoms with E-state index in [1.165, 1.54) is 30.2 Å². The van der Waals surface area contributed by atoms with Gasteiger partial charge in [0.1, 0.15) is 0 Å². The summed E-state index contributed by atoms with van der Waals surface area (Å²) in [5.74, 6) is 0.405. The van der Waals surface area contributed by atoms with Crippen molar-refractivity contribution in [3.63, 3.8) is 0 Å². The fraction of sp³-hybridized carbons (Fsp3) is 0.364. The third-order valence-electron chi connectivity index (χ3n) is 5.36. The SMILES string of the molecule is O=C(NC1CCCC1)c1ccccc1SCC(=O)N1CCc2ccccc21. The summed E-state index contributed by atoms with van der Waals surface area (Å²) in [6.07, 6.45) is 5.41. The van der Waals surface area contributed by atoms with E-state index < -0.39 is 0 Å². The summed E-state index contributed by atoms with van der Waals surface area (Å²) in [4.78, 5) is 28.1. The van der Waals surface area contributed by atoms with Gasteiger partial charge >= 0.3 is 0 Å². The number of rotatable bonds is 5. The zero-order valence-electron chi connectivity index (χ0n) is 15.3. The zero-order valence-corrected chi connectivity index (χ0v) is 16.1. The summed E-state index contributed by atoms with van der Waals surface area (Å²) in [6, 6.07) is 15.9. The molecule has 1 aliphatic carbocycles. The molecule has 0 spiro atoms. The van der Waals surface area contributed by atoms with Gasteiger partial charge in [-0.05, 0) is 43.0 Å². The molecule has 140 valence electrons. The summed E-state index contributed by atoms with van der Waals surface area (Å²) in [5, 5.41) is 3.14. The second-order valence-electron chi connectivity index (χ2n) is 7.16. The first kappa shape index (κ1) is 18.1. The Morgan fingerprint density at radius 2 is 1.78 bits per heavy atom. The lowest BCUT2D eigenvalue weighted by molar-refractivity contribution is -0.116. The molecule has 1 fully saturated rings. The van der Waals surface area contributed by atoms with Crippen LogP contribution < -0.4 is 10.2 Å². The van der Waals surface area contributed by atoms with E-state index in [0.717, 1.165) is 36.4 Å².